The van der Waals surface area contributed by atoms with E-state index in [0.29, 0.717) is 19.6 Å². The fourth-order valence-electron chi connectivity index (χ4n) is 8.42. The molecule has 1 aromatic carbocycles. The Morgan fingerprint density at radius 2 is 1.85 bits per heavy atom. The van der Waals surface area contributed by atoms with E-state index >= 15 is 0 Å². The highest BCUT2D eigenvalue weighted by Crippen LogP contribution is 2.54. The van der Waals surface area contributed by atoms with Crippen molar-refractivity contribution in [1.82, 2.24) is 4.90 Å². The van der Waals surface area contributed by atoms with Crippen molar-refractivity contribution in [3.63, 3.8) is 0 Å². The smallest absolute Gasteiger partial charge is 0.197 e. The Labute approximate surface area is 272 Å². The number of carbonyl (C=O) groups is 3. The topological polar surface area (TPSA) is 171 Å². The number of aromatic hydroxyl groups is 2. The Hall–Kier alpha value is -3.17. The second-order valence-corrected chi connectivity index (χ2v) is 13.6. The molecule has 2 unspecified atom stereocenters. The maximum atomic E-state index is 14.0. The number of methoxy groups -OCH3 is 2. The van der Waals surface area contributed by atoms with Crippen molar-refractivity contribution in [3.8, 4) is 11.5 Å². The van der Waals surface area contributed by atoms with E-state index in [-0.39, 0.29) is 53.0 Å². The van der Waals surface area contributed by atoms with E-state index in [4.69, 9.17) is 28.4 Å². The van der Waals surface area contributed by atoms with Gasteiger partial charge in [-0.05, 0) is 13.0 Å². The minimum Gasteiger partial charge on any atom is -0.507 e. The van der Waals surface area contributed by atoms with Crippen LogP contribution in [0.1, 0.15) is 71.6 Å². The third-order valence-electron chi connectivity index (χ3n) is 10.5. The summed E-state index contributed by atoms with van der Waals surface area (Å²) in [6.07, 6.45) is 0.660. The summed E-state index contributed by atoms with van der Waals surface area (Å²) in [4.78, 5) is 43.5. The van der Waals surface area contributed by atoms with Crippen LogP contribution < -0.4 is 0 Å². The van der Waals surface area contributed by atoms with Gasteiger partial charge in [-0.25, -0.2) is 0 Å². The number of hydrogen-bond donors (Lipinski definition) is 3. The van der Waals surface area contributed by atoms with E-state index in [2.05, 4.69) is 4.90 Å². The lowest BCUT2D eigenvalue weighted by Crippen LogP contribution is -2.55. The summed E-state index contributed by atoms with van der Waals surface area (Å²) < 4.78 is 35.8. The van der Waals surface area contributed by atoms with Crippen LogP contribution in [0.4, 0.5) is 0 Å². The van der Waals surface area contributed by atoms with Gasteiger partial charge in [0.2, 0.25) is 0 Å². The summed E-state index contributed by atoms with van der Waals surface area (Å²) in [6, 6.07) is -0.130. The molecular formula is C34H41NO12. The summed E-state index contributed by atoms with van der Waals surface area (Å²) in [5, 5.41) is 35.4. The summed E-state index contributed by atoms with van der Waals surface area (Å²) in [5.74, 6) is -5.01. The molecule has 3 saturated heterocycles. The molecule has 3 heterocycles. The van der Waals surface area contributed by atoms with Gasteiger partial charge >= 0.3 is 0 Å². The van der Waals surface area contributed by atoms with Crippen LogP contribution in [0, 0.1) is 17.8 Å². The Balaban J connectivity index is 1.29. The molecule has 3 N–H and O–H groups in total. The van der Waals surface area contributed by atoms with Gasteiger partial charge in [0.05, 0.1) is 48.9 Å². The summed E-state index contributed by atoms with van der Waals surface area (Å²) in [5.41, 5.74) is -2.64. The van der Waals surface area contributed by atoms with Crippen LogP contribution >= 0.6 is 0 Å². The van der Waals surface area contributed by atoms with E-state index in [9.17, 15) is 29.7 Å². The number of carbonyl (C=O) groups excluding carboxylic acids is 3. The molecule has 7 rings (SSSR count). The van der Waals surface area contributed by atoms with Gasteiger partial charge in [0.15, 0.2) is 36.2 Å². The van der Waals surface area contributed by atoms with Gasteiger partial charge < -0.3 is 43.7 Å². The first kappa shape index (κ1) is 32.4. The van der Waals surface area contributed by atoms with Crippen LogP contribution in [0.2, 0.25) is 0 Å². The van der Waals surface area contributed by atoms with E-state index < -0.39 is 83.2 Å². The predicted octanol–water partition coefficient (Wildman–Crippen LogP) is 2.30. The Morgan fingerprint density at radius 3 is 2.55 bits per heavy atom. The van der Waals surface area contributed by atoms with Gasteiger partial charge in [0.1, 0.15) is 29.0 Å². The molecular weight excluding hydrogens is 614 g/mol. The molecule has 10 atom stereocenters. The monoisotopic (exact) mass is 655 g/mol. The molecule has 13 heteroatoms. The molecule has 47 heavy (non-hydrogen) atoms. The Morgan fingerprint density at radius 1 is 1.11 bits per heavy atom. The first-order chi connectivity index (χ1) is 22.4. The number of phenolic OH excluding ortho intramolecular Hbond substituents is 2. The summed E-state index contributed by atoms with van der Waals surface area (Å²) in [7, 11) is 2.96. The third-order valence-corrected chi connectivity index (χ3v) is 10.5. The highest BCUT2D eigenvalue weighted by molar-refractivity contribution is 6.20. The molecule has 0 radical (unpaired) electrons. The number of hydrogen-bond acceptors (Lipinski definition) is 13. The molecule has 3 aliphatic carbocycles. The zero-order chi connectivity index (χ0) is 33.5. The molecule has 254 valence electrons. The highest BCUT2D eigenvalue weighted by Gasteiger charge is 2.56. The summed E-state index contributed by atoms with van der Waals surface area (Å²) >= 11 is 0. The van der Waals surface area contributed by atoms with Crippen LogP contribution in [0.15, 0.2) is 24.0 Å². The van der Waals surface area contributed by atoms with Crippen molar-refractivity contribution < 1.29 is 58.1 Å². The standard InChI is InChI=1S/C34H41NO12/c1-14(2)31(40)34(41)12-17-23(29(39)25-24(27(17)37)26(36)16-7-6-8-19(42-4)22(16)28(25)38)20(13-34)46-21-11-18-30(15(3)45-21)47-32-33(43-5)44-10-9-35(18)32/h6-8,14-16,18,20-22,30,32-33,37,39,41H,9-13H2,1-5H3/t15-,16?,18-,20-,21-,22?,30+,32+,33-,34-/m0/s1. The number of fused-ring (bicyclic) bond motifs is 6. The second kappa shape index (κ2) is 11.8. The number of rotatable bonds is 6. The first-order valence-corrected chi connectivity index (χ1v) is 16.1. The van der Waals surface area contributed by atoms with Gasteiger partial charge in [0, 0.05) is 56.0 Å². The van der Waals surface area contributed by atoms with Crippen molar-refractivity contribution in [1.29, 1.82) is 0 Å². The third kappa shape index (κ3) is 4.89. The lowest BCUT2D eigenvalue weighted by atomic mass is 9.67. The molecule has 0 amide bonds. The second-order valence-electron chi connectivity index (χ2n) is 13.6. The van der Waals surface area contributed by atoms with Crippen molar-refractivity contribution in [2.45, 2.75) is 88.8 Å². The van der Waals surface area contributed by atoms with Crippen LogP contribution in [0.25, 0.3) is 0 Å². The first-order valence-electron chi connectivity index (χ1n) is 16.1. The van der Waals surface area contributed by atoms with E-state index in [1.54, 1.807) is 39.2 Å². The number of nitrogens with zero attached hydrogens (tertiary/aromatic N) is 1. The number of aliphatic hydroxyl groups is 1. The van der Waals surface area contributed by atoms with Crippen LogP contribution in [-0.4, -0.2) is 108 Å². The van der Waals surface area contributed by atoms with Gasteiger partial charge in [-0.2, -0.15) is 0 Å². The number of morpholine rings is 1. The molecule has 0 spiro atoms. The average Bonchev–Trinajstić information content (AvgIpc) is 3.43. The summed E-state index contributed by atoms with van der Waals surface area (Å²) in [6.45, 7) is 6.23. The number of ketones is 3. The molecule has 1 aromatic rings. The molecule has 0 aromatic heterocycles. The Kier molecular flexibility index (Phi) is 8.10. The molecule has 3 aliphatic heterocycles. The fourth-order valence-corrected chi connectivity index (χ4v) is 8.42. The lowest BCUT2D eigenvalue weighted by molar-refractivity contribution is -0.256. The predicted molar refractivity (Wildman–Crippen MR) is 161 cm³/mol. The van der Waals surface area contributed by atoms with Gasteiger partial charge in [0.25, 0.3) is 0 Å². The van der Waals surface area contributed by atoms with E-state index in [1.807, 2.05) is 6.92 Å². The van der Waals surface area contributed by atoms with Gasteiger partial charge in [-0.1, -0.05) is 26.0 Å². The van der Waals surface area contributed by atoms with Crippen molar-refractivity contribution in [3.05, 3.63) is 46.2 Å². The van der Waals surface area contributed by atoms with Crippen molar-refractivity contribution in [2.24, 2.45) is 17.8 Å². The van der Waals surface area contributed by atoms with Crippen molar-refractivity contribution in [2.75, 3.05) is 27.4 Å². The lowest BCUT2D eigenvalue weighted by Gasteiger charge is -2.44. The SMILES string of the molecule is COC1=CC=CC2C(=O)c3c(O)c4c(c(O)c3C(=O)C12)[C@@H](O[C@H]1C[C@H]2[C@H](O[C@@H]3[C@@H](OC)OCCN32)[C@H](C)O1)C[C@](O)(C(=O)C(C)C)C4. The van der Waals surface area contributed by atoms with Crippen LogP contribution in [-0.2, 0) is 39.6 Å². The highest BCUT2D eigenvalue weighted by atomic mass is 16.7. The fraction of sp³-hybridized carbons (Fsp3) is 0.618. The van der Waals surface area contributed by atoms with Crippen LogP contribution in [0.5, 0.6) is 11.5 Å². The van der Waals surface area contributed by atoms with E-state index in [0.717, 1.165) is 0 Å². The largest absolute Gasteiger partial charge is 0.507 e. The minimum atomic E-state index is -1.99. The maximum Gasteiger partial charge on any atom is 0.197 e. The molecule has 13 nitrogen and oxygen atoms in total. The number of allylic oxidation sites excluding steroid dienone is 4. The molecule has 0 saturated carbocycles. The number of ether oxygens (including phenoxy) is 6. The molecule has 0 bridgehead atoms. The molecule has 6 aliphatic rings. The zero-order valence-electron chi connectivity index (χ0n) is 27.0. The number of benzene rings is 1. The van der Waals surface area contributed by atoms with E-state index in [1.165, 1.54) is 7.11 Å². The minimum absolute atomic E-state index is 0.0157. The van der Waals surface area contributed by atoms with Gasteiger partial charge in [-0.3, -0.25) is 19.3 Å². The maximum absolute atomic E-state index is 14.0. The van der Waals surface area contributed by atoms with Crippen LogP contribution in [0.3, 0.4) is 0 Å². The zero-order valence-corrected chi connectivity index (χ0v) is 27.0. The molecule has 3 fully saturated rings. The number of phenols is 2. The average molecular weight is 656 g/mol. The van der Waals surface area contributed by atoms with Crippen molar-refractivity contribution >= 4 is 17.3 Å². The van der Waals surface area contributed by atoms with Gasteiger partial charge in [-0.15, -0.1) is 0 Å². The Bertz CT molecular complexity index is 1570. The normalized spacial score (nSPS) is 37.9. The number of Topliss-reactive ketones (excluding diaryl/α,β-unsaturated/α-hetero) is 3. The quantitative estimate of drug-likeness (QED) is 0.382.